The zero-order chi connectivity index (χ0) is 24.2. The summed E-state index contributed by atoms with van der Waals surface area (Å²) in [4.78, 5) is 21.3. The predicted octanol–water partition coefficient (Wildman–Crippen LogP) is 3.57. The maximum Gasteiger partial charge on any atom is 0.223 e. The molecule has 8 heteroatoms. The summed E-state index contributed by atoms with van der Waals surface area (Å²) in [6.07, 6.45) is 7.18. The molecule has 0 bridgehead atoms. The molecule has 4 aromatic rings. The first kappa shape index (κ1) is 23.1. The highest BCUT2D eigenvalue weighted by molar-refractivity contribution is 5.91. The number of rotatable bonds is 8. The van der Waals surface area contributed by atoms with E-state index in [9.17, 15) is 4.79 Å². The molecule has 0 radical (unpaired) electrons. The molecule has 0 spiro atoms. The highest BCUT2D eigenvalue weighted by atomic mass is 16.1. The Labute approximate surface area is 204 Å². The summed E-state index contributed by atoms with van der Waals surface area (Å²) < 4.78 is 0. The maximum atomic E-state index is 13.1. The van der Waals surface area contributed by atoms with Crippen LogP contribution in [0.2, 0.25) is 0 Å². The molecule has 0 unspecified atom stereocenters. The first-order valence-electron chi connectivity index (χ1n) is 12.4. The molecular formula is C27H33N7O. The molecule has 1 aliphatic carbocycles. The monoisotopic (exact) mass is 471 g/mol. The van der Waals surface area contributed by atoms with E-state index in [4.69, 9.17) is 16.5 Å². The Morgan fingerprint density at radius 2 is 1.89 bits per heavy atom. The van der Waals surface area contributed by atoms with Crippen molar-refractivity contribution >= 4 is 22.6 Å². The summed E-state index contributed by atoms with van der Waals surface area (Å²) in [5.41, 5.74) is 15.6. The van der Waals surface area contributed by atoms with Gasteiger partial charge in [0.05, 0.1) is 11.2 Å². The normalized spacial score (nSPS) is 19.0. The first-order valence-corrected chi connectivity index (χ1v) is 12.4. The third kappa shape index (κ3) is 5.38. The van der Waals surface area contributed by atoms with Crippen molar-refractivity contribution in [2.45, 2.75) is 44.6 Å². The lowest BCUT2D eigenvalue weighted by Gasteiger charge is -2.28. The third-order valence-electron chi connectivity index (χ3n) is 7.18. The zero-order valence-corrected chi connectivity index (χ0v) is 19.8. The molecule has 1 saturated carbocycles. The molecule has 1 fully saturated rings. The Morgan fingerprint density at radius 1 is 1.09 bits per heavy atom. The van der Waals surface area contributed by atoms with E-state index in [1.54, 1.807) is 0 Å². The smallest absolute Gasteiger partial charge is 0.223 e. The Morgan fingerprint density at radius 3 is 2.66 bits per heavy atom. The van der Waals surface area contributed by atoms with E-state index < -0.39 is 0 Å². The third-order valence-corrected chi connectivity index (χ3v) is 7.18. The molecule has 1 atom stereocenters. The Hall–Kier alpha value is -3.65. The SMILES string of the molecule is NC[C@H]1CC[C@H](C(=O)N[C@@H](Cc2ccccc2)Cc2nc(-c3ccc4c(N)n[nH]c4c3)c[nH]2)CC1. The highest BCUT2D eigenvalue weighted by Crippen LogP contribution is 2.29. The minimum absolute atomic E-state index is 0.0500. The zero-order valence-electron chi connectivity index (χ0n) is 19.8. The fourth-order valence-electron chi connectivity index (χ4n) is 5.10. The number of anilines is 1. The number of nitrogen functional groups attached to an aromatic ring is 1. The van der Waals surface area contributed by atoms with Gasteiger partial charge in [0.1, 0.15) is 5.82 Å². The number of benzene rings is 2. The van der Waals surface area contributed by atoms with Crippen LogP contribution in [-0.4, -0.2) is 38.7 Å². The summed E-state index contributed by atoms with van der Waals surface area (Å²) in [6, 6.07) is 16.2. The van der Waals surface area contributed by atoms with Gasteiger partial charge in [-0.05, 0) is 62.3 Å². The average molecular weight is 472 g/mol. The number of aromatic nitrogens is 4. The van der Waals surface area contributed by atoms with Crippen LogP contribution >= 0.6 is 0 Å². The molecule has 182 valence electrons. The number of aromatic amines is 2. The Balaban J connectivity index is 1.30. The molecule has 1 aliphatic rings. The second-order valence-electron chi connectivity index (χ2n) is 9.65. The molecule has 0 saturated heterocycles. The lowest BCUT2D eigenvalue weighted by Crippen LogP contribution is -2.42. The van der Waals surface area contributed by atoms with Crippen LogP contribution in [0.3, 0.4) is 0 Å². The van der Waals surface area contributed by atoms with Crippen molar-refractivity contribution < 1.29 is 4.79 Å². The van der Waals surface area contributed by atoms with E-state index in [1.807, 2.05) is 42.6 Å². The van der Waals surface area contributed by atoms with Gasteiger partial charge in [-0.2, -0.15) is 5.10 Å². The Kier molecular flexibility index (Phi) is 6.81. The number of nitrogens with zero attached hydrogens (tertiary/aromatic N) is 2. The van der Waals surface area contributed by atoms with Crippen molar-refractivity contribution in [3.05, 3.63) is 66.1 Å². The predicted molar refractivity (Wildman–Crippen MR) is 138 cm³/mol. The number of carbonyl (C=O) groups excluding carboxylic acids is 1. The number of amides is 1. The molecule has 1 amide bonds. The lowest BCUT2D eigenvalue weighted by atomic mass is 9.81. The number of hydrogen-bond acceptors (Lipinski definition) is 5. The number of imidazole rings is 1. The van der Waals surface area contributed by atoms with Crippen LogP contribution in [0.15, 0.2) is 54.7 Å². The molecule has 7 N–H and O–H groups in total. The van der Waals surface area contributed by atoms with Crippen molar-refractivity contribution in [2.24, 2.45) is 17.6 Å². The summed E-state index contributed by atoms with van der Waals surface area (Å²) in [5, 5.41) is 11.3. The van der Waals surface area contributed by atoms with Gasteiger partial charge in [0.15, 0.2) is 5.82 Å². The van der Waals surface area contributed by atoms with Gasteiger partial charge in [-0.15, -0.1) is 0 Å². The quantitative estimate of drug-likeness (QED) is 0.267. The van der Waals surface area contributed by atoms with E-state index in [0.717, 1.165) is 60.1 Å². The molecule has 8 nitrogen and oxygen atoms in total. The van der Waals surface area contributed by atoms with Gasteiger partial charge >= 0.3 is 0 Å². The van der Waals surface area contributed by atoms with Crippen molar-refractivity contribution in [3.8, 4) is 11.3 Å². The molecule has 35 heavy (non-hydrogen) atoms. The number of H-pyrrole nitrogens is 2. The van der Waals surface area contributed by atoms with E-state index >= 15 is 0 Å². The second kappa shape index (κ2) is 10.3. The summed E-state index contributed by atoms with van der Waals surface area (Å²) in [5.74, 6) is 2.10. The topological polar surface area (TPSA) is 138 Å². The van der Waals surface area contributed by atoms with Gasteiger partial charge in [0, 0.05) is 35.5 Å². The summed E-state index contributed by atoms with van der Waals surface area (Å²) in [6.45, 7) is 0.715. The van der Waals surface area contributed by atoms with Crippen LogP contribution in [0.4, 0.5) is 5.82 Å². The fraction of sp³-hybridized carbons (Fsp3) is 0.370. The van der Waals surface area contributed by atoms with Crippen LogP contribution in [0.25, 0.3) is 22.2 Å². The van der Waals surface area contributed by atoms with Crippen LogP contribution < -0.4 is 16.8 Å². The Bertz CT molecular complexity index is 1270. The average Bonchev–Trinajstić information content (AvgIpc) is 3.51. The fourth-order valence-corrected chi connectivity index (χ4v) is 5.10. The van der Waals surface area contributed by atoms with Gasteiger partial charge in [-0.25, -0.2) is 4.98 Å². The molecule has 0 aliphatic heterocycles. The number of nitrogens with two attached hydrogens (primary N) is 2. The lowest BCUT2D eigenvalue weighted by molar-refractivity contribution is -0.126. The molecule has 5 rings (SSSR count). The minimum atomic E-state index is -0.0500. The van der Waals surface area contributed by atoms with E-state index in [-0.39, 0.29) is 17.9 Å². The summed E-state index contributed by atoms with van der Waals surface area (Å²) >= 11 is 0. The van der Waals surface area contributed by atoms with E-state index in [1.165, 1.54) is 5.56 Å². The molecule has 2 heterocycles. The van der Waals surface area contributed by atoms with Gasteiger partial charge < -0.3 is 21.8 Å². The largest absolute Gasteiger partial charge is 0.382 e. The number of carbonyl (C=O) groups is 1. The molecule has 2 aromatic carbocycles. The minimum Gasteiger partial charge on any atom is -0.382 e. The standard InChI is InChI=1S/C27H33N7O/c28-15-18-6-8-19(9-7-18)27(35)31-21(12-17-4-2-1-3-5-17)14-25-30-16-24(32-25)20-10-11-22-23(13-20)33-34-26(22)29/h1-5,10-11,13,16,18-19,21H,6-9,12,14-15,28H2,(H,30,32)(H,31,35)(H3,29,33,34)/t18-,19-,21-/m0/s1. The van der Waals surface area contributed by atoms with Crippen molar-refractivity contribution in [1.82, 2.24) is 25.5 Å². The number of hydrogen-bond donors (Lipinski definition) is 5. The van der Waals surface area contributed by atoms with Gasteiger partial charge in [-0.3, -0.25) is 9.89 Å². The van der Waals surface area contributed by atoms with Crippen LogP contribution in [-0.2, 0) is 17.6 Å². The first-order chi connectivity index (χ1) is 17.1. The van der Waals surface area contributed by atoms with Crippen LogP contribution in [0, 0.1) is 11.8 Å². The van der Waals surface area contributed by atoms with E-state index in [2.05, 4.69) is 32.6 Å². The molecular weight excluding hydrogens is 438 g/mol. The highest BCUT2D eigenvalue weighted by Gasteiger charge is 2.27. The molecule has 2 aromatic heterocycles. The maximum absolute atomic E-state index is 13.1. The number of nitrogens with one attached hydrogen (secondary N) is 3. The van der Waals surface area contributed by atoms with Crippen LogP contribution in [0.1, 0.15) is 37.1 Å². The van der Waals surface area contributed by atoms with Crippen molar-refractivity contribution in [2.75, 3.05) is 12.3 Å². The van der Waals surface area contributed by atoms with Crippen molar-refractivity contribution in [3.63, 3.8) is 0 Å². The second-order valence-corrected chi connectivity index (χ2v) is 9.65. The van der Waals surface area contributed by atoms with Crippen LogP contribution in [0.5, 0.6) is 0 Å². The summed E-state index contributed by atoms with van der Waals surface area (Å²) in [7, 11) is 0. The van der Waals surface area contributed by atoms with Gasteiger partial charge in [0.25, 0.3) is 0 Å². The van der Waals surface area contributed by atoms with Crippen molar-refractivity contribution in [1.29, 1.82) is 0 Å². The van der Waals surface area contributed by atoms with E-state index in [0.29, 0.717) is 24.7 Å². The van der Waals surface area contributed by atoms with Gasteiger partial charge in [-0.1, -0.05) is 36.4 Å². The van der Waals surface area contributed by atoms with Gasteiger partial charge in [0.2, 0.25) is 5.91 Å². The number of fused-ring (bicyclic) bond motifs is 1.